The average Bonchev–Trinajstić information content (AvgIpc) is 1.63. The highest BCUT2D eigenvalue weighted by Gasteiger charge is 2.09. The lowest BCUT2D eigenvalue weighted by atomic mass is 10.5. The van der Waals surface area contributed by atoms with Gasteiger partial charge in [0.25, 0.3) is 0 Å². The molecule has 1 atom stereocenters. The summed E-state index contributed by atoms with van der Waals surface area (Å²) in [6.07, 6.45) is -0.741. The molecule has 56 valence electrons. The fourth-order valence-corrected chi connectivity index (χ4v) is 1.46. The zero-order chi connectivity index (χ0) is 7.49. The van der Waals surface area contributed by atoms with Crippen molar-refractivity contribution < 1.29 is 13.5 Å². The van der Waals surface area contributed by atoms with E-state index < -0.39 is 15.9 Å². The number of hydrogen-bond donors (Lipinski definition) is 1. The Hall–Kier alpha value is -0.0900. The second kappa shape index (κ2) is 3.17. The maximum atomic E-state index is 10.6. The predicted molar refractivity (Wildman–Crippen MR) is 36.0 cm³/mol. The first-order valence-electron chi connectivity index (χ1n) is 2.86. The van der Waals surface area contributed by atoms with Crippen LogP contribution in [0, 0.1) is 0 Å². The molecule has 0 spiro atoms. The highest BCUT2D eigenvalue weighted by atomic mass is 32.2. The van der Waals surface area contributed by atoms with Crippen LogP contribution < -0.4 is 0 Å². The van der Waals surface area contributed by atoms with E-state index in [9.17, 15) is 8.42 Å². The van der Waals surface area contributed by atoms with Crippen molar-refractivity contribution in [2.24, 2.45) is 0 Å². The molecule has 1 N–H and O–H groups in total. The normalized spacial score (nSPS) is 15.4. The third-order valence-electron chi connectivity index (χ3n) is 0.935. The quantitative estimate of drug-likeness (QED) is 0.609. The van der Waals surface area contributed by atoms with E-state index in [1.54, 1.807) is 6.92 Å². The van der Waals surface area contributed by atoms with Crippen molar-refractivity contribution in [2.45, 2.75) is 20.0 Å². The number of rotatable bonds is 3. The van der Waals surface area contributed by atoms with Gasteiger partial charge in [-0.3, -0.25) is 0 Å². The Morgan fingerprint density at radius 1 is 1.56 bits per heavy atom. The van der Waals surface area contributed by atoms with Crippen LogP contribution in [0.4, 0.5) is 0 Å². The molecule has 0 radical (unpaired) electrons. The van der Waals surface area contributed by atoms with Crippen molar-refractivity contribution in [3.63, 3.8) is 0 Å². The lowest BCUT2D eigenvalue weighted by Crippen LogP contribution is -2.18. The molecule has 0 aliphatic heterocycles. The monoisotopic (exact) mass is 152 g/mol. The van der Waals surface area contributed by atoms with E-state index >= 15 is 0 Å². The maximum absolute atomic E-state index is 10.6. The van der Waals surface area contributed by atoms with Crippen LogP contribution in [0.1, 0.15) is 13.8 Å². The van der Waals surface area contributed by atoms with Gasteiger partial charge in [0.15, 0.2) is 9.84 Å². The van der Waals surface area contributed by atoms with Crippen LogP contribution >= 0.6 is 0 Å². The van der Waals surface area contributed by atoms with E-state index in [1.165, 1.54) is 6.92 Å². The van der Waals surface area contributed by atoms with Crippen LogP contribution in [0.5, 0.6) is 0 Å². The third kappa shape index (κ3) is 4.42. The summed E-state index contributed by atoms with van der Waals surface area (Å²) < 4.78 is 21.3. The van der Waals surface area contributed by atoms with Gasteiger partial charge in [-0.1, -0.05) is 6.92 Å². The van der Waals surface area contributed by atoms with Crippen molar-refractivity contribution in [1.29, 1.82) is 0 Å². The molecule has 0 aromatic rings. The summed E-state index contributed by atoms with van der Waals surface area (Å²) in [6, 6.07) is 0. The summed E-state index contributed by atoms with van der Waals surface area (Å²) in [7, 11) is -2.97. The minimum absolute atomic E-state index is 0.109. The van der Waals surface area contributed by atoms with Crippen LogP contribution in [-0.2, 0) is 9.84 Å². The lowest BCUT2D eigenvalue weighted by molar-refractivity contribution is 0.218. The Balaban J connectivity index is 3.90. The molecule has 0 fully saturated rings. The molecule has 0 bridgehead atoms. The molecule has 0 saturated heterocycles. The molecule has 1 unspecified atom stereocenters. The van der Waals surface area contributed by atoms with Crippen LogP contribution in [0.25, 0.3) is 0 Å². The Morgan fingerprint density at radius 3 is 2.11 bits per heavy atom. The summed E-state index contributed by atoms with van der Waals surface area (Å²) >= 11 is 0. The first-order chi connectivity index (χ1) is 3.98. The van der Waals surface area contributed by atoms with Crippen molar-refractivity contribution in [3.05, 3.63) is 0 Å². The first-order valence-corrected chi connectivity index (χ1v) is 4.68. The molecule has 4 heteroatoms. The number of aliphatic hydroxyl groups excluding tert-OH is 1. The van der Waals surface area contributed by atoms with Gasteiger partial charge in [0.1, 0.15) is 0 Å². The Labute approximate surface area is 55.6 Å². The molecule has 9 heavy (non-hydrogen) atoms. The molecular formula is C5H12O3S. The summed E-state index contributed by atoms with van der Waals surface area (Å²) in [6.45, 7) is 3.03. The molecule has 3 nitrogen and oxygen atoms in total. The zero-order valence-electron chi connectivity index (χ0n) is 5.66. The van der Waals surface area contributed by atoms with Crippen LogP contribution in [-0.4, -0.2) is 31.1 Å². The van der Waals surface area contributed by atoms with Crippen molar-refractivity contribution >= 4 is 9.84 Å². The summed E-state index contributed by atoms with van der Waals surface area (Å²) in [5, 5.41) is 8.64. The van der Waals surface area contributed by atoms with Gasteiger partial charge in [-0.15, -0.1) is 0 Å². The van der Waals surface area contributed by atoms with Crippen LogP contribution in [0.3, 0.4) is 0 Å². The number of hydrogen-bond acceptors (Lipinski definition) is 3. The van der Waals surface area contributed by atoms with E-state index in [1.807, 2.05) is 0 Å². The Morgan fingerprint density at radius 2 is 2.00 bits per heavy atom. The molecular weight excluding hydrogens is 140 g/mol. The SMILES string of the molecule is CCS(=O)(=O)CC(C)O. The molecule has 0 amide bonds. The van der Waals surface area contributed by atoms with E-state index in [-0.39, 0.29) is 11.5 Å². The van der Waals surface area contributed by atoms with Crippen molar-refractivity contribution in [1.82, 2.24) is 0 Å². The van der Waals surface area contributed by atoms with Gasteiger partial charge in [0, 0.05) is 5.75 Å². The fraction of sp³-hybridized carbons (Fsp3) is 1.00. The van der Waals surface area contributed by atoms with E-state index in [0.717, 1.165) is 0 Å². The van der Waals surface area contributed by atoms with E-state index in [0.29, 0.717) is 0 Å². The second-order valence-corrected chi connectivity index (χ2v) is 4.45. The van der Waals surface area contributed by atoms with Crippen LogP contribution in [0.2, 0.25) is 0 Å². The van der Waals surface area contributed by atoms with Crippen LogP contribution in [0.15, 0.2) is 0 Å². The molecule has 0 aromatic carbocycles. The fourth-order valence-electron chi connectivity index (χ4n) is 0.485. The third-order valence-corrected chi connectivity index (χ3v) is 2.80. The highest BCUT2D eigenvalue weighted by Crippen LogP contribution is 1.92. The van der Waals surface area contributed by atoms with Gasteiger partial charge in [0.2, 0.25) is 0 Å². The van der Waals surface area contributed by atoms with Crippen molar-refractivity contribution in [3.8, 4) is 0 Å². The molecule has 0 aliphatic carbocycles. The Kier molecular flexibility index (Phi) is 3.14. The van der Waals surface area contributed by atoms with Gasteiger partial charge < -0.3 is 5.11 Å². The standard InChI is InChI=1S/C5H12O3S/c1-3-9(7,8)4-5(2)6/h5-6H,3-4H2,1-2H3. The second-order valence-electron chi connectivity index (χ2n) is 2.05. The van der Waals surface area contributed by atoms with Gasteiger partial charge in [-0.25, -0.2) is 8.42 Å². The predicted octanol–water partition coefficient (Wildman–Crippen LogP) is -0.198. The zero-order valence-corrected chi connectivity index (χ0v) is 6.48. The van der Waals surface area contributed by atoms with Crippen molar-refractivity contribution in [2.75, 3.05) is 11.5 Å². The van der Waals surface area contributed by atoms with Gasteiger partial charge in [-0.05, 0) is 6.92 Å². The summed E-state index contributed by atoms with van der Waals surface area (Å²) in [5.74, 6) is -0.0125. The van der Waals surface area contributed by atoms with Gasteiger partial charge >= 0.3 is 0 Å². The van der Waals surface area contributed by atoms with E-state index in [2.05, 4.69) is 0 Å². The summed E-state index contributed by atoms with van der Waals surface area (Å²) in [4.78, 5) is 0. The maximum Gasteiger partial charge on any atom is 0.152 e. The minimum atomic E-state index is -2.97. The lowest BCUT2D eigenvalue weighted by Gasteiger charge is -2.01. The first kappa shape index (κ1) is 8.91. The molecule has 0 saturated carbocycles. The number of aliphatic hydroxyl groups is 1. The highest BCUT2D eigenvalue weighted by molar-refractivity contribution is 7.91. The molecule has 0 aromatic heterocycles. The minimum Gasteiger partial charge on any atom is -0.392 e. The Bertz CT molecular complexity index is 157. The molecule has 0 rings (SSSR count). The summed E-state index contributed by atoms with van der Waals surface area (Å²) in [5.41, 5.74) is 0. The van der Waals surface area contributed by atoms with Gasteiger partial charge in [-0.2, -0.15) is 0 Å². The smallest absolute Gasteiger partial charge is 0.152 e. The van der Waals surface area contributed by atoms with Gasteiger partial charge in [0.05, 0.1) is 11.9 Å². The largest absolute Gasteiger partial charge is 0.392 e. The van der Waals surface area contributed by atoms with E-state index in [4.69, 9.17) is 5.11 Å². The molecule has 0 aliphatic rings. The number of sulfone groups is 1. The average molecular weight is 152 g/mol. The molecule has 0 heterocycles. The topological polar surface area (TPSA) is 54.4 Å².